The maximum absolute atomic E-state index is 12.1. The molecule has 6 heteroatoms. The Morgan fingerprint density at radius 2 is 2.26 bits per heavy atom. The number of hydrogen-bond acceptors (Lipinski definition) is 4. The van der Waals surface area contributed by atoms with Crippen LogP contribution >= 0.6 is 11.3 Å². The van der Waals surface area contributed by atoms with Gasteiger partial charge in [-0.15, -0.1) is 11.3 Å². The van der Waals surface area contributed by atoms with Crippen molar-refractivity contribution in [3.8, 4) is 5.75 Å². The molecule has 3 nitrogen and oxygen atoms in total. The lowest BCUT2D eigenvalue weighted by Gasteiger charge is -2.14. The first-order chi connectivity index (χ1) is 9.15. The molecular weight excluding hydrogens is 270 g/mol. The molecule has 0 fully saturated rings. The molecule has 1 N–H and O–H groups in total. The number of rotatable bonds is 6. The van der Waals surface area contributed by atoms with Crippen LogP contribution in [0.2, 0.25) is 0 Å². The third kappa shape index (κ3) is 4.25. The Morgan fingerprint density at radius 1 is 1.42 bits per heavy atom. The zero-order chi connectivity index (χ0) is 13.7. The van der Waals surface area contributed by atoms with Gasteiger partial charge in [-0.2, -0.15) is 8.78 Å². The number of nitrogens with one attached hydrogen (secondary N) is 1. The van der Waals surface area contributed by atoms with E-state index in [0.717, 1.165) is 10.4 Å². The maximum Gasteiger partial charge on any atom is 0.387 e. The Morgan fingerprint density at radius 3 is 2.95 bits per heavy atom. The minimum absolute atomic E-state index is 0.0447. The molecule has 1 aromatic heterocycles. The molecule has 19 heavy (non-hydrogen) atoms. The fourth-order valence-electron chi connectivity index (χ4n) is 1.66. The lowest BCUT2D eigenvalue weighted by molar-refractivity contribution is -0.0499. The van der Waals surface area contributed by atoms with Crippen LogP contribution in [0.3, 0.4) is 0 Å². The van der Waals surface area contributed by atoms with Crippen molar-refractivity contribution < 1.29 is 13.5 Å². The largest absolute Gasteiger partial charge is 0.435 e. The smallest absolute Gasteiger partial charge is 0.387 e. The van der Waals surface area contributed by atoms with E-state index in [2.05, 4.69) is 15.0 Å². The molecule has 0 aliphatic rings. The zero-order valence-electron chi connectivity index (χ0n) is 10.3. The highest BCUT2D eigenvalue weighted by molar-refractivity contribution is 7.09. The molecule has 1 atom stereocenters. The second-order valence-electron chi connectivity index (χ2n) is 4.02. The van der Waals surface area contributed by atoms with Gasteiger partial charge in [-0.05, 0) is 24.6 Å². The Hall–Kier alpha value is -1.53. The molecule has 1 heterocycles. The summed E-state index contributed by atoms with van der Waals surface area (Å²) in [6.45, 7) is -0.121. The van der Waals surface area contributed by atoms with E-state index in [4.69, 9.17) is 0 Å². The van der Waals surface area contributed by atoms with Gasteiger partial charge in [-0.1, -0.05) is 12.1 Å². The van der Waals surface area contributed by atoms with Gasteiger partial charge >= 0.3 is 6.61 Å². The molecule has 0 saturated heterocycles. The Labute approximate surface area is 114 Å². The molecule has 0 radical (unpaired) electrons. The summed E-state index contributed by atoms with van der Waals surface area (Å²) in [6, 6.07) is 6.77. The normalized spacial score (nSPS) is 12.6. The quantitative estimate of drug-likeness (QED) is 0.880. The highest BCUT2D eigenvalue weighted by Crippen LogP contribution is 2.21. The number of thiazole rings is 1. The SMILES string of the molecule is CC(NCc1cncs1)c1cccc(OC(F)F)c1. The van der Waals surface area contributed by atoms with Crippen molar-refractivity contribution in [2.75, 3.05) is 0 Å². The number of halogens is 2. The van der Waals surface area contributed by atoms with E-state index < -0.39 is 6.61 Å². The van der Waals surface area contributed by atoms with Gasteiger partial charge in [0.1, 0.15) is 5.75 Å². The third-order valence-corrected chi connectivity index (χ3v) is 3.43. The van der Waals surface area contributed by atoms with Crippen molar-refractivity contribution in [1.82, 2.24) is 10.3 Å². The molecule has 2 aromatic rings. The van der Waals surface area contributed by atoms with Gasteiger partial charge in [0, 0.05) is 23.7 Å². The lowest BCUT2D eigenvalue weighted by Crippen LogP contribution is -2.17. The van der Waals surface area contributed by atoms with E-state index in [1.54, 1.807) is 35.2 Å². The van der Waals surface area contributed by atoms with Crippen molar-refractivity contribution >= 4 is 11.3 Å². The fraction of sp³-hybridized carbons (Fsp3) is 0.308. The summed E-state index contributed by atoms with van der Waals surface area (Å²) in [5.74, 6) is 0.180. The van der Waals surface area contributed by atoms with Crippen molar-refractivity contribution in [3.63, 3.8) is 0 Å². The number of nitrogens with zero attached hydrogens (tertiary/aromatic N) is 1. The molecule has 0 bridgehead atoms. The summed E-state index contributed by atoms with van der Waals surface area (Å²) in [7, 11) is 0. The molecular formula is C13H14F2N2OS. The first-order valence-electron chi connectivity index (χ1n) is 5.80. The number of hydrogen-bond donors (Lipinski definition) is 1. The fourth-order valence-corrected chi connectivity index (χ4v) is 2.21. The summed E-state index contributed by atoms with van der Waals surface area (Å²) >= 11 is 1.57. The van der Waals surface area contributed by atoms with E-state index in [1.807, 2.05) is 13.0 Å². The third-order valence-electron chi connectivity index (χ3n) is 2.65. The molecule has 1 unspecified atom stereocenters. The van der Waals surface area contributed by atoms with Gasteiger partial charge < -0.3 is 10.1 Å². The Kier molecular flexibility index (Phi) is 4.81. The molecule has 0 aliphatic heterocycles. The van der Waals surface area contributed by atoms with Crippen LogP contribution in [0.4, 0.5) is 8.78 Å². The molecule has 0 amide bonds. The Balaban J connectivity index is 1.96. The molecule has 0 aliphatic carbocycles. The average molecular weight is 284 g/mol. The van der Waals surface area contributed by atoms with Crippen LogP contribution in [0.25, 0.3) is 0 Å². The topological polar surface area (TPSA) is 34.2 Å². The van der Waals surface area contributed by atoms with Crippen LogP contribution in [0.5, 0.6) is 5.75 Å². The van der Waals surface area contributed by atoms with Gasteiger partial charge in [0.25, 0.3) is 0 Å². The van der Waals surface area contributed by atoms with Crippen LogP contribution in [0, 0.1) is 0 Å². The molecule has 0 saturated carbocycles. The number of alkyl halides is 2. The number of aromatic nitrogens is 1. The second kappa shape index (κ2) is 6.58. The van der Waals surface area contributed by atoms with Crippen molar-refractivity contribution in [3.05, 3.63) is 46.4 Å². The summed E-state index contributed by atoms with van der Waals surface area (Å²) in [5, 5.41) is 3.31. The van der Waals surface area contributed by atoms with E-state index in [1.165, 1.54) is 6.07 Å². The predicted molar refractivity (Wildman–Crippen MR) is 70.4 cm³/mol. The highest BCUT2D eigenvalue weighted by atomic mass is 32.1. The van der Waals surface area contributed by atoms with E-state index in [9.17, 15) is 8.78 Å². The summed E-state index contributed by atoms with van der Waals surface area (Å²) in [6.07, 6.45) is 1.81. The second-order valence-corrected chi connectivity index (χ2v) is 4.99. The van der Waals surface area contributed by atoms with E-state index >= 15 is 0 Å². The number of benzene rings is 1. The van der Waals surface area contributed by atoms with Crippen molar-refractivity contribution in [2.24, 2.45) is 0 Å². The molecule has 102 valence electrons. The van der Waals surface area contributed by atoms with Gasteiger partial charge in [-0.25, -0.2) is 0 Å². The minimum Gasteiger partial charge on any atom is -0.435 e. The van der Waals surface area contributed by atoms with Crippen LogP contribution < -0.4 is 10.1 Å². The predicted octanol–water partition coefficient (Wildman–Crippen LogP) is 3.60. The van der Waals surface area contributed by atoms with Crippen LogP contribution in [0.15, 0.2) is 36.0 Å². The maximum atomic E-state index is 12.1. The van der Waals surface area contributed by atoms with Crippen LogP contribution in [-0.2, 0) is 6.54 Å². The standard InChI is InChI=1S/C13H14F2N2OS/c1-9(17-7-12-6-16-8-19-12)10-3-2-4-11(5-10)18-13(14)15/h2-6,8-9,13,17H,7H2,1H3. The first kappa shape index (κ1) is 13.9. The number of ether oxygens (including phenoxy) is 1. The summed E-state index contributed by atoms with van der Waals surface area (Å²) < 4.78 is 28.7. The lowest BCUT2D eigenvalue weighted by atomic mass is 10.1. The highest BCUT2D eigenvalue weighted by Gasteiger charge is 2.09. The monoisotopic (exact) mass is 284 g/mol. The van der Waals surface area contributed by atoms with Crippen molar-refractivity contribution in [2.45, 2.75) is 26.1 Å². The average Bonchev–Trinajstić information content (AvgIpc) is 2.88. The van der Waals surface area contributed by atoms with Crippen molar-refractivity contribution in [1.29, 1.82) is 0 Å². The molecule has 1 aromatic carbocycles. The first-order valence-corrected chi connectivity index (χ1v) is 6.68. The molecule has 0 spiro atoms. The Bertz CT molecular complexity index is 505. The summed E-state index contributed by atoms with van der Waals surface area (Å²) in [5.41, 5.74) is 2.68. The molecule has 2 rings (SSSR count). The van der Waals surface area contributed by atoms with E-state index in [0.29, 0.717) is 6.54 Å². The zero-order valence-corrected chi connectivity index (χ0v) is 11.2. The van der Waals surface area contributed by atoms with Gasteiger partial charge in [0.2, 0.25) is 0 Å². The van der Waals surface area contributed by atoms with Gasteiger partial charge in [0.15, 0.2) is 0 Å². The minimum atomic E-state index is -2.80. The van der Waals surface area contributed by atoms with Gasteiger partial charge in [0.05, 0.1) is 5.51 Å². The summed E-state index contributed by atoms with van der Waals surface area (Å²) in [4.78, 5) is 5.13. The van der Waals surface area contributed by atoms with Gasteiger partial charge in [-0.3, -0.25) is 4.98 Å². The van der Waals surface area contributed by atoms with Crippen LogP contribution in [-0.4, -0.2) is 11.6 Å². The van der Waals surface area contributed by atoms with Crippen LogP contribution in [0.1, 0.15) is 23.4 Å². The van der Waals surface area contributed by atoms with E-state index in [-0.39, 0.29) is 11.8 Å².